The lowest BCUT2D eigenvalue weighted by atomic mass is 10.2. The number of hydrogen-bond acceptors (Lipinski definition) is 6. The maximum atomic E-state index is 12.0. The molecule has 0 aromatic heterocycles. The molecule has 0 aliphatic carbocycles. The summed E-state index contributed by atoms with van der Waals surface area (Å²) < 4.78 is 40.4. The fraction of sp³-hybridized carbons (Fsp3) is 0.333. The van der Waals surface area contributed by atoms with Gasteiger partial charge in [-0.15, -0.1) is 11.8 Å². The van der Waals surface area contributed by atoms with Crippen molar-refractivity contribution in [1.82, 2.24) is 10.6 Å². The van der Waals surface area contributed by atoms with Crippen LogP contribution in [-0.4, -0.2) is 48.4 Å². The van der Waals surface area contributed by atoms with Crippen molar-refractivity contribution >= 4 is 41.3 Å². The number of carbonyl (C=O) groups is 4. The minimum absolute atomic E-state index is 0.321. The molecule has 0 saturated carbocycles. The number of thioether (sulfide) groups is 1. The highest BCUT2D eigenvalue weighted by Crippen LogP contribution is 2.36. The number of hydrogen-bond donors (Lipinski definition) is 3. The summed E-state index contributed by atoms with van der Waals surface area (Å²) in [4.78, 5) is 47.0. The maximum absolute atomic E-state index is 12.0. The average molecular weight is 405 g/mol. The highest BCUT2D eigenvalue weighted by atomic mass is 32.2. The van der Waals surface area contributed by atoms with Crippen LogP contribution in [0.4, 0.5) is 23.7 Å². The Morgan fingerprint density at radius 1 is 1.22 bits per heavy atom. The first-order valence-corrected chi connectivity index (χ1v) is 8.38. The van der Waals surface area contributed by atoms with Gasteiger partial charge >= 0.3 is 18.2 Å². The number of alkyl halides is 3. The zero-order valence-corrected chi connectivity index (χ0v) is 14.4. The summed E-state index contributed by atoms with van der Waals surface area (Å²) in [7, 11) is 0. The van der Waals surface area contributed by atoms with Gasteiger partial charge in [0.15, 0.2) is 6.61 Å². The van der Waals surface area contributed by atoms with Gasteiger partial charge in [0.25, 0.3) is 5.91 Å². The fourth-order valence-corrected chi connectivity index (χ4v) is 3.07. The molecule has 12 heteroatoms. The Labute approximate surface area is 155 Å². The van der Waals surface area contributed by atoms with Crippen LogP contribution >= 0.6 is 11.8 Å². The topological polar surface area (TPSA) is 114 Å². The van der Waals surface area contributed by atoms with Gasteiger partial charge in [-0.05, 0) is 12.1 Å². The summed E-state index contributed by atoms with van der Waals surface area (Å²) in [5.41, 5.74) is 0.626. The van der Waals surface area contributed by atoms with Gasteiger partial charge < -0.3 is 15.4 Å². The Hall–Kier alpha value is -2.76. The molecule has 1 heterocycles. The number of imide groups is 1. The number of para-hydroxylation sites is 1. The van der Waals surface area contributed by atoms with Crippen molar-refractivity contribution in [1.29, 1.82) is 0 Å². The van der Waals surface area contributed by atoms with E-state index < -0.39 is 48.4 Å². The van der Waals surface area contributed by atoms with Crippen LogP contribution in [0.2, 0.25) is 0 Å². The number of halogens is 3. The molecule has 2 rings (SSSR count). The molecule has 3 N–H and O–H groups in total. The largest absolute Gasteiger partial charge is 0.456 e. The van der Waals surface area contributed by atoms with Crippen molar-refractivity contribution in [2.75, 3.05) is 18.5 Å². The number of rotatable bonds is 5. The molecule has 1 aromatic rings. The van der Waals surface area contributed by atoms with Gasteiger partial charge in [0, 0.05) is 4.90 Å². The van der Waals surface area contributed by atoms with Gasteiger partial charge in [-0.3, -0.25) is 19.7 Å². The van der Waals surface area contributed by atoms with Gasteiger partial charge in [0.1, 0.15) is 6.54 Å². The van der Waals surface area contributed by atoms with E-state index in [2.05, 4.69) is 10.1 Å². The molecule has 27 heavy (non-hydrogen) atoms. The summed E-state index contributed by atoms with van der Waals surface area (Å²) in [6.45, 7) is -2.48. The van der Waals surface area contributed by atoms with E-state index >= 15 is 0 Å². The minimum atomic E-state index is -4.62. The van der Waals surface area contributed by atoms with Crippen molar-refractivity contribution < 1.29 is 37.1 Å². The molecule has 0 saturated heterocycles. The Morgan fingerprint density at radius 3 is 2.63 bits per heavy atom. The van der Waals surface area contributed by atoms with Crippen molar-refractivity contribution in [3.63, 3.8) is 0 Å². The molecule has 1 aliphatic heterocycles. The van der Waals surface area contributed by atoms with E-state index in [1.165, 1.54) is 5.32 Å². The van der Waals surface area contributed by atoms with Gasteiger partial charge in [0.05, 0.1) is 17.4 Å². The van der Waals surface area contributed by atoms with Crippen LogP contribution in [0.25, 0.3) is 0 Å². The highest BCUT2D eigenvalue weighted by molar-refractivity contribution is 8.01. The summed E-state index contributed by atoms with van der Waals surface area (Å²) in [6, 6.07) is 5.63. The first-order chi connectivity index (χ1) is 12.6. The number of esters is 1. The third-order valence-corrected chi connectivity index (χ3v) is 4.40. The normalized spacial score (nSPS) is 16.0. The standard InChI is InChI=1S/C15H14F3N3O5S/c16-15(17,18)7-19-14(25)21-11(22)6-26-12(23)5-10-13(24)20-8-3-1-2-4-9(8)27-10/h1-4,10H,5-7H2,(H,20,24)(H2,19,21,22,25)/t10-/m1/s1. The highest BCUT2D eigenvalue weighted by Gasteiger charge is 2.30. The molecule has 0 radical (unpaired) electrons. The maximum Gasteiger partial charge on any atom is 0.405 e. The van der Waals surface area contributed by atoms with E-state index in [0.29, 0.717) is 5.69 Å². The van der Waals surface area contributed by atoms with Gasteiger partial charge in [-0.25, -0.2) is 4.79 Å². The number of anilines is 1. The smallest absolute Gasteiger partial charge is 0.405 e. The fourth-order valence-electron chi connectivity index (χ4n) is 1.97. The third kappa shape index (κ3) is 6.81. The van der Waals surface area contributed by atoms with Crippen LogP contribution in [0.3, 0.4) is 0 Å². The van der Waals surface area contributed by atoms with Crippen LogP contribution in [-0.2, 0) is 19.1 Å². The summed E-state index contributed by atoms with van der Waals surface area (Å²) in [5, 5.41) is 4.89. The molecular weight excluding hydrogens is 391 g/mol. The Kier molecular flexibility index (Phi) is 6.66. The van der Waals surface area contributed by atoms with E-state index in [1.807, 2.05) is 0 Å². The molecule has 1 aromatic carbocycles. The Balaban J connectivity index is 1.74. The lowest BCUT2D eigenvalue weighted by molar-refractivity contribution is -0.148. The summed E-state index contributed by atoms with van der Waals surface area (Å²) in [5.74, 6) is -2.37. The Bertz CT molecular complexity index is 756. The van der Waals surface area contributed by atoms with Crippen molar-refractivity contribution in [2.45, 2.75) is 22.7 Å². The lowest BCUT2D eigenvalue weighted by Gasteiger charge is -2.23. The van der Waals surface area contributed by atoms with Gasteiger partial charge in [0.2, 0.25) is 5.91 Å². The van der Waals surface area contributed by atoms with E-state index in [0.717, 1.165) is 16.7 Å². The number of ether oxygens (including phenoxy) is 1. The monoisotopic (exact) mass is 405 g/mol. The predicted octanol–water partition coefficient (Wildman–Crippen LogP) is 1.42. The zero-order valence-electron chi connectivity index (χ0n) is 13.6. The van der Waals surface area contributed by atoms with Crippen LogP contribution in [0.15, 0.2) is 29.2 Å². The first kappa shape index (κ1) is 20.6. The molecule has 0 unspecified atom stereocenters. The second-order valence-electron chi connectivity index (χ2n) is 5.30. The minimum Gasteiger partial charge on any atom is -0.456 e. The van der Waals surface area contributed by atoms with E-state index in [-0.39, 0.29) is 6.42 Å². The molecule has 0 fully saturated rings. The van der Waals surface area contributed by atoms with Gasteiger partial charge in [-0.1, -0.05) is 12.1 Å². The molecule has 4 amide bonds. The van der Waals surface area contributed by atoms with Crippen molar-refractivity contribution in [2.24, 2.45) is 0 Å². The second kappa shape index (κ2) is 8.75. The zero-order chi connectivity index (χ0) is 20.0. The molecule has 0 spiro atoms. The molecule has 1 aliphatic rings. The lowest BCUT2D eigenvalue weighted by Crippen LogP contribution is -2.44. The van der Waals surface area contributed by atoms with Crippen LogP contribution in [0, 0.1) is 0 Å². The van der Waals surface area contributed by atoms with E-state index in [9.17, 15) is 32.3 Å². The molecular formula is C15H14F3N3O5S. The number of nitrogens with one attached hydrogen (secondary N) is 3. The second-order valence-corrected chi connectivity index (χ2v) is 6.55. The number of amides is 4. The molecule has 0 bridgehead atoms. The van der Waals surface area contributed by atoms with Gasteiger partial charge in [-0.2, -0.15) is 13.2 Å². The SMILES string of the molecule is O=C(COC(=O)C[C@H]1Sc2ccccc2NC1=O)NC(=O)NCC(F)(F)F. The first-order valence-electron chi connectivity index (χ1n) is 7.50. The summed E-state index contributed by atoms with van der Waals surface area (Å²) >= 11 is 1.16. The number of carbonyl (C=O) groups excluding carboxylic acids is 4. The Morgan fingerprint density at radius 2 is 1.93 bits per heavy atom. The molecule has 146 valence electrons. The van der Waals surface area contributed by atoms with Crippen LogP contribution < -0.4 is 16.0 Å². The van der Waals surface area contributed by atoms with Crippen LogP contribution in [0.5, 0.6) is 0 Å². The number of fused-ring (bicyclic) bond motifs is 1. The number of urea groups is 1. The van der Waals surface area contributed by atoms with E-state index in [1.54, 1.807) is 29.6 Å². The van der Waals surface area contributed by atoms with E-state index in [4.69, 9.17) is 0 Å². The predicted molar refractivity (Wildman–Crippen MR) is 87.9 cm³/mol. The molecule has 1 atom stereocenters. The third-order valence-electron chi connectivity index (χ3n) is 3.13. The van der Waals surface area contributed by atoms with Crippen LogP contribution in [0.1, 0.15) is 6.42 Å². The average Bonchev–Trinajstić information content (AvgIpc) is 2.58. The van der Waals surface area contributed by atoms with Crippen molar-refractivity contribution in [3.05, 3.63) is 24.3 Å². The van der Waals surface area contributed by atoms with Crippen molar-refractivity contribution in [3.8, 4) is 0 Å². The number of benzene rings is 1. The summed E-state index contributed by atoms with van der Waals surface area (Å²) in [6.07, 6.45) is -4.94. The molecule has 8 nitrogen and oxygen atoms in total. The quantitative estimate of drug-likeness (QED) is 0.639.